The van der Waals surface area contributed by atoms with E-state index in [1.54, 1.807) is 0 Å². The number of ketones is 1. The van der Waals surface area contributed by atoms with Gasteiger partial charge in [0.1, 0.15) is 30.0 Å². The smallest absolute Gasteiger partial charge is 0.338 e. The first-order valence-corrected chi connectivity index (χ1v) is 11.3. The largest absolute Gasteiger partial charge is 0.493 e. The van der Waals surface area contributed by atoms with Crippen molar-refractivity contribution in [2.45, 2.75) is 31.5 Å². The van der Waals surface area contributed by atoms with Crippen molar-refractivity contribution in [2.75, 3.05) is 0 Å². The molecule has 1 aliphatic heterocycles. The number of hydrogen-bond acceptors (Lipinski definition) is 5. The minimum absolute atomic E-state index is 0.105. The van der Waals surface area contributed by atoms with Crippen molar-refractivity contribution in [1.82, 2.24) is 0 Å². The lowest BCUT2D eigenvalue weighted by Crippen LogP contribution is -2.43. The fourth-order valence-electron chi connectivity index (χ4n) is 4.39. The number of hydrogen-bond donors (Lipinski definition) is 0. The first-order valence-electron chi connectivity index (χ1n) is 11.3. The van der Waals surface area contributed by atoms with Crippen LogP contribution in [0.1, 0.15) is 29.6 Å². The number of allylic oxidation sites excluding steroid dienone is 1. The summed E-state index contributed by atoms with van der Waals surface area (Å²) in [6, 6.07) is 22.8. The van der Waals surface area contributed by atoms with E-state index in [4.69, 9.17) is 14.2 Å². The second-order valence-electron chi connectivity index (χ2n) is 8.47. The molecule has 0 spiro atoms. The van der Waals surface area contributed by atoms with Gasteiger partial charge in [-0.3, -0.25) is 4.79 Å². The molecule has 5 nitrogen and oxygen atoms in total. The molecule has 1 saturated carbocycles. The zero-order valence-corrected chi connectivity index (χ0v) is 18.4. The van der Waals surface area contributed by atoms with Crippen molar-refractivity contribution < 1.29 is 28.2 Å². The monoisotopic (exact) mass is 458 g/mol. The molecule has 0 saturated heterocycles. The number of Topliss-reactive ketones (excluding diaryl/α,β-unsaturated/α-hetero) is 1. The Bertz CT molecular complexity index is 1200. The van der Waals surface area contributed by atoms with E-state index in [2.05, 4.69) is 0 Å². The highest BCUT2D eigenvalue weighted by Gasteiger charge is 2.42. The summed E-state index contributed by atoms with van der Waals surface area (Å²) >= 11 is 0. The van der Waals surface area contributed by atoms with E-state index >= 15 is 0 Å². The zero-order valence-electron chi connectivity index (χ0n) is 18.4. The maximum atomic E-state index is 13.1. The molecule has 0 N–H and O–H groups in total. The molecule has 3 atom stereocenters. The third kappa shape index (κ3) is 4.71. The standard InChI is InChI=1S/C28H23FO5/c29-21-10-6-20(7-11-21)28(31)34-23-14-15-24-25(16-23)32-17-26(27(24)30)33-22-12-8-19(9-13-22)18-4-2-1-3-5-18/h1-13,17,23-25H,14-16H2. The number of carbonyl (C=O) groups is 2. The van der Waals surface area contributed by atoms with Gasteiger partial charge in [0.25, 0.3) is 0 Å². The molecule has 3 aromatic rings. The van der Waals surface area contributed by atoms with Gasteiger partial charge in [-0.05, 0) is 60.4 Å². The summed E-state index contributed by atoms with van der Waals surface area (Å²) in [6.07, 6.45) is 2.10. The summed E-state index contributed by atoms with van der Waals surface area (Å²) in [4.78, 5) is 25.4. The van der Waals surface area contributed by atoms with Gasteiger partial charge in [0.15, 0.2) is 0 Å². The van der Waals surface area contributed by atoms with E-state index in [1.165, 1.54) is 30.5 Å². The number of ether oxygens (including phenoxy) is 3. The van der Waals surface area contributed by atoms with E-state index in [1.807, 2.05) is 54.6 Å². The Kier molecular flexibility index (Phi) is 6.12. The van der Waals surface area contributed by atoms with E-state index in [-0.39, 0.29) is 35.2 Å². The number of esters is 1. The van der Waals surface area contributed by atoms with Crippen LogP contribution in [0, 0.1) is 11.7 Å². The van der Waals surface area contributed by atoms with Crippen LogP contribution in [0.3, 0.4) is 0 Å². The summed E-state index contributed by atoms with van der Waals surface area (Å²) in [7, 11) is 0. The van der Waals surface area contributed by atoms with Crippen molar-refractivity contribution >= 4 is 11.8 Å². The molecule has 172 valence electrons. The molecule has 0 radical (unpaired) electrons. The minimum atomic E-state index is -0.510. The van der Waals surface area contributed by atoms with Crippen molar-refractivity contribution in [3.8, 4) is 16.9 Å². The van der Waals surface area contributed by atoms with Gasteiger partial charge in [-0.25, -0.2) is 9.18 Å². The van der Waals surface area contributed by atoms with Crippen molar-refractivity contribution in [3.63, 3.8) is 0 Å². The highest BCUT2D eigenvalue weighted by Crippen LogP contribution is 2.35. The van der Waals surface area contributed by atoms with Crippen LogP contribution in [0.25, 0.3) is 11.1 Å². The number of benzene rings is 3. The fraction of sp³-hybridized carbons (Fsp3) is 0.214. The maximum Gasteiger partial charge on any atom is 0.338 e. The molecule has 0 aromatic heterocycles. The molecule has 1 heterocycles. The number of rotatable bonds is 5. The Morgan fingerprint density at radius 2 is 1.59 bits per heavy atom. The molecular formula is C28H23FO5. The molecule has 5 rings (SSSR count). The topological polar surface area (TPSA) is 61.8 Å². The lowest BCUT2D eigenvalue weighted by atomic mass is 9.80. The first kappa shape index (κ1) is 21.9. The average molecular weight is 458 g/mol. The number of carbonyl (C=O) groups excluding carboxylic acids is 2. The molecule has 1 fully saturated rings. The van der Waals surface area contributed by atoms with Gasteiger partial charge >= 0.3 is 5.97 Å². The molecule has 0 bridgehead atoms. The average Bonchev–Trinajstić information content (AvgIpc) is 2.87. The molecule has 3 aromatic carbocycles. The van der Waals surface area contributed by atoms with E-state index in [0.29, 0.717) is 25.0 Å². The van der Waals surface area contributed by atoms with Crippen molar-refractivity contribution in [3.05, 3.63) is 102 Å². The molecule has 34 heavy (non-hydrogen) atoms. The molecular weight excluding hydrogens is 435 g/mol. The Morgan fingerprint density at radius 3 is 2.32 bits per heavy atom. The van der Waals surface area contributed by atoms with Crippen molar-refractivity contribution in [1.29, 1.82) is 0 Å². The molecule has 6 heteroatoms. The Labute approximate surface area is 196 Å². The maximum absolute atomic E-state index is 13.1. The predicted molar refractivity (Wildman–Crippen MR) is 123 cm³/mol. The quantitative estimate of drug-likeness (QED) is 0.459. The van der Waals surface area contributed by atoms with Gasteiger partial charge in [-0.1, -0.05) is 42.5 Å². The third-order valence-corrected chi connectivity index (χ3v) is 6.22. The van der Waals surface area contributed by atoms with E-state index < -0.39 is 11.8 Å². The van der Waals surface area contributed by atoms with Crippen LogP contribution in [0.2, 0.25) is 0 Å². The lowest BCUT2D eigenvalue weighted by Gasteiger charge is -2.36. The van der Waals surface area contributed by atoms with Crippen LogP contribution in [0.15, 0.2) is 90.9 Å². The zero-order chi connectivity index (χ0) is 23.5. The highest BCUT2D eigenvalue weighted by atomic mass is 19.1. The van der Waals surface area contributed by atoms with Gasteiger partial charge in [0, 0.05) is 6.42 Å². The lowest BCUT2D eigenvalue weighted by molar-refractivity contribution is -0.132. The Balaban J connectivity index is 1.20. The highest BCUT2D eigenvalue weighted by molar-refractivity contribution is 5.96. The van der Waals surface area contributed by atoms with Gasteiger partial charge < -0.3 is 14.2 Å². The normalized spacial score (nSPS) is 21.6. The predicted octanol–water partition coefficient (Wildman–Crippen LogP) is 5.71. The van der Waals surface area contributed by atoms with Crippen LogP contribution in [-0.4, -0.2) is 24.0 Å². The summed E-state index contributed by atoms with van der Waals surface area (Å²) in [6.45, 7) is 0. The third-order valence-electron chi connectivity index (χ3n) is 6.22. The molecule has 2 aliphatic rings. The SMILES string of the molecule is O=C(OC1CCC2C(=O)C(Oc3ccc(-c4ccccc4)cc3)=COC2C1)c1ccc(F)cc1. The van der Waals surface area contributed by atoms with Crippen LogP contribution in [0.4, 0.5) is 4.39 Å². The summed E-state index contributed by atoms with van der Waals surface area (Å²) < 4.78 is 30.3. The van der Waals surface area contributed by atoms with Gasteiger partial charge in [0.05, 0.1) is 11.5 Å². The second-order valence-corrected chi connectivity index (χ2v) is 8.47. The Hall–Kier alpha value is -3.93. The van der Waals surface area contributed by atoms with Gasteiger partial charge in [0.2, 0.25) is 11.5 Å². The number of fused-ring (bicyclic) bond motifs is 1. The summed E-state index contributed by atoms with van der Waals surface area (Å²) in [5, 5.41) is 0. The number of halogens is 1. The second kappa shape index (κ2) is 9.51. The fourth-order valence-corrected chi connectivity index (χ4v) is 4.39. The van der Waals surface area contributed by atoms with Gasteiger partial charge in [-0.2, -0.15) is 0 Å². The Morgan fingerprint density at radius 1 is 0.882 bits per heavy atom. The minimum Gasteiger partial charge on any atom is -0.493 e. The van der Waals surface area contributed by atoms with Crippen LogP contribution in [-0.2, 0) is 14.3 Å². The van der Waals surface area contributed by atoms with Crippen LogP contribution >= 0.6 is 0 Å². The van der Waals surface area contributed by atoms with Crippen LogP contribution in [0.5, 0.6) is 5.75 Å². The van der Waals surface area contributed by atoms with Crippen LogP contribution < -0.4 is 4.74 Å². The first-order chi connectivity index (χ1) is 16.6. The molecule has 3 unspecified atom stereocenters. The van der Waals surface area contributed by atoms with E-state index in [0.717, 1.165) is 11.1 Å². The molecule has 0 amide bonds. The molecule has 1 aliphatic carbocycles. The summed E-state index contributed by atoms with van der Waals surface area (Å²) in [5.41, 5.74) is 2.45. The van der Waals surface area contributed by atoms with Crippen molar-refractivity contribution in [2.24, 2.45) is 5.92 Å². The van der Waals surface area contributed by atoms with Gasteiger partial charge in [-0.15, -0.1) is 0 Å². The van der Waals surface area contributed by atoms with E-state index in [9.17, 15) is 14.0 Å². The summed E-state index contributed by atoms with van der Waals surface area (Å²) in [5.74, 6) is -0.637.